The molecule has 3 aromatic carbocycles. The van der Waals surface area contributed by atoms with Gasteiger partial charge in [-0.3, -0.25) is 4.79 Å². The maximum atomic E-state index is 12.5. The van der Waals surface area contributed by atoms with Gasteiger partial charge in [0.05, 0.1) is 14.2 Å². The zero-order valence-corrected chi connectivity index (χ0v) is 20.1. The lowest BCUT2D eigenvalue weighted by Gasteiger charge is -2.21. The Hall–Kier alpha value is -4.16. The van der Waals surface area contributed by atoms with Crippen LogP contribution in [0.4, 0.5) is 10.5 Å². The average molecular weight is 470 g/mol. The fourth-order valence-corrected chi connectivity index (χ4v) is 4.22. The molecule has 1 unspecified atom stereocenters. The highest BCUT2D eigenvalue weighted by Crippen LogP contribution is 2.41. The largest absolute Gasteiger partial charge is 0.525 e. The summed E-state index contributed by atoms with van der Waals surface area (Å²) in [5.74, 6) is 1.32. The highest BCUT2D eigenvalue weighted by molar-refractivity contribution is 5.96. The number of amides is 2. The molecule has 2 amide bonds. The first-order chi connectivity index (χ1) is 16.9. The molecule has 0 saturated heterocycles. The molecule has 1 heterocycles. The van der Waals surface area contributed by atoms with Crippen LogP contribution in [0.15, 0.2) is 91.1 Å². The van der Waals surface area contributed by atoms with Gasteiger partial charge in [0.1, 0.15) is 17.7 Å². The third kappa shape index (κ3) is 5.50. The number of nitrogens with zero attached hydrogens (tertiary/aromatic N) is 1. The van der Waals surface area contributed by atoms with E-state index in [4.69, 9.17) is 9.47 Å². The first-order valence-electron chi connectivity index (χ1n) is 11.5. The summed E-state index contributed by atoms with van der Waals surface area (Å²) in [6, 6.07) is 24.8. The summed E-state index contributed by atoms with van der Waals surface area (Å²) in [6.07, 6.45) is 5.42. The second-order valence-electron chi connectivity index (χ2n) is 8.65. The number of hydrogen-bond acceptors (Lipinski definition) is 4. The van der Waals surface area contributed by atoms with E-state index >= 15 is 0 Å². The van der Waals surface area contributed by atoms with E-state index < -0.39 is 0 Å². The minimum atomic E-state index is -0.354. The Morgan fingerprint density at radius 2 is 1.60 bits per heavy atom. The summed E-state index contributed by atoms with van der Waals surface area (Å²) in [4.78, 5) is 25.0. The van der Waals surface area contributed by atoms with Gasteiger partial charge in [0, 0.05) is 29.3 Å². The molecule has 4 rings (SSSR count). The van der Waals surface area contributed by atoms with Crippen LogP contribution in [0.5, 0.6) is 11.5 Å². The van der Waals surface area contributed by atoms with Gasteiger partial charge in [-0.2, -0.15) is 9.28 Å². The van der Waals surface area contributed by atoms with Gasteiger partial charge in [-0.1, -0.05) is 42.5 Å². The van der Waals surface area contributed by atoms with E-state index in [-0.39, 0.29) is 22.5 Å². The van der Waals surface area contributed by atoms with Crippen molar-refractivity contribution >= 4 is 29.3 Å². The first-order valence-corrected chi connectivity index (χ1v) is 11.5. The summed E-state index contributed by atoms with van der Waals surface area (Å²) >= 11 is 0. The van der Waals surface area contributed by atoms with E-state index in [2.05, 4.69) is 5.32 Å². The van der Waals surface area contributed by atoms with E-state index in [1.165, 1.54) is 13.2 Å². The van der Waals surface area contributed by atoms with Crippen molar-refractivity contribution in [2.75, 3.05) is 14.2 Å². The number of rotatable bonds is 7. The number of carbonyl (C=O) groups is 2. The Bertz CT molecular complexity index is 1270. The molecule has 0 aliphatic carbocycles. The van der Waals surface area contributed by atoms with E-state index in [9.17, 15) is 9.59 Å². The predicted octanol–water partition coefficient (Wildman–Crippen LogP) is 6.15. The van der Waals surface area contributed by atoms with Gasteiger partial charge in [-0.15, -0.1) is 0 Å². The number of nitrogens with one attached hydrogen (secondary N) is 1. The molecule has 35 heavy (non-hydrogen) atoms. The number of methoxy groups -OCH3 is 1. The third-order valence-electron chi connectivity index (χ3n) is 5.92. The van der Waals surface area contributed by atoms with Crippen molar-refractivity contribution in [3.05, 3.63) is 102 Å². The molecule has 0 fully saturated rings. The van der Waals surface area contributed by atoms with Crippen LogP contribution >= 0.6 is 0 Å². The molecule has 1 aliphatic rings. The maximum Gasteiger partial charge on any atom is 0.525 e. The van der Waals surface area contributed by atoms with Gasteiger partial charge in [-0.05, 0) is 55.3 Å². The number of benzene rings is 3. The van der Waals surface area contributed by atoms with Crippen molar-refractivity contribution in [1.82, 2.24) is 9.80 Å². The standard InChI is InChI=1S/C29H28N2O4/c1-21(19-23-20-31(2,29(33)34-3)27-12-8-7-11-26(23)27)30-28(32)18-15-22-13-16-25(17-14-22)35-24-9-5-4-6-10-24/h4-18,20-21H,19H2,1-3H3/p+1/t21-,31?/m1/s1. The van der Waals surface area contributed by atoms with Crippen molar-refractivity contribution in [2.45, 2.75) is 19.4 Å². The molecule has 178 valence electrons. The van der Waals surface area contributed by atoms with E-state index in [0.717, 1.165) is 33.9 Å². The van der Waals surface area contributed by atoms with Crippen molar-refractivity contribution in [3.8, 4) is 11.5 Å². The minimum Gasteiger partial charge on any atom is -0.457 e. The molecular weight excluding hydrogens is 440 g/mol. The molecule has 0 saturated carbocycles. The summed E-state index contributed by atoms with van der Waals surface area (Å²) in [5.41, 5.74) is 3.76. The van der Waals surface area contributed by atoms with Crippen molar-refractivity contribution in [1.29, 1.82) is 0 Å². The van der Waals surface area contributed by atoms with Crippen molar-refractivity contribution in [3.63, 3.8) is 0 Å². The predicted molar refractivity (Wildman–Crippen MR) is 139 cm³/mol. The number of para-hydroxylation sites is 2. The Balaban J connectivity index is 1.36. The van der Waals surface area contributed by atoms with Crippen LogP contribution in [0, 0.1) is 0 Å². The molecule has 0 radical (unpaired) electrons. The number of quaternary nitrogens is 1. The van der Waals surface area contributed by atoms with Gasteiger partial charge in [-0.25, -0.2) is 0 Å². The topological polar surface area (TPSA) is 64.6 Å². The number of hydrogen-bond donors (Lipinski definition) is 1. The molecule has 0 spiro atoms. The fourth-order valence-electron chi connectivity index (χ4n) is 4.22. The van der Waals surface area contributed by atoms with Gasteiger partial charge < -0.3 is 14.8 Å². The van der Waals surface area contributed by atoms with Gasteiger partial charge in [0.25, 0.3) is 0 Å². The maximum absolute atomic E-state index is 12.5. The molecule has 3 aromatic rings. The third-order valence-corrected chi connectivity index (χ3v) is 5.92. The van der Waals surface area contributed by atoms with Gasteiger partial charge >= 0.3 is 6.09 Å². The molecule has 0 aromatic heterocycles. The molecule has 2 atom stereocenters. The van der Waals surface area contributed by atoms with Crippen LogP contribution in [-0.4, -0.2) is 32.2 Å². The van der Waals surface area contributed by atoms with Crippen LogP contribution in [0.3, 0.4) is 0 Å². The van der Waals surface area contributed by atoms with E-state index in [1.807, 2.05) is 92.0 Å². The average Bonchev–Trinajstić information content (AvgIpc) is 3.16. The zero-order chi connectivity index (χ0) is 24.8. The lowest BCUT2D eigenvalue weighted by atomic mass is 10.0. The quantitative estimate of drug-likeness (QED) is 0.333. The number of ether oxygens (including phenoxy) is 2. The highest BCUT2D eigenvalue weighted by atomic mass is 16.5. The second-order valence-corrected chi connectivity index (χ2v) is 8.65. The molecule has 6 heteroatoms. The highest BCUT2D eigenvalue weighted by Gasteiger charge is 2.42. The Kier molecular flexibility index (Phi) is 7.13. The van der Waals surface area contributed by atoms with Crippen LogP contribution in [-0.2, 0) is 9.53 Å². The van der Waals surface area contributed by atoms with Crippen LogP contribution in [0.25, 0.3) is 11.6 Å². The monoisotopic (exact) mass is 469 g/mol. The normalized spacial score (nSPS) is 17.4. The van der Waals surface area contributed by atoms with Gasteiger partial charge in [0.15, 0.2) is 5.69 Å². The lowest BCUT2D eigenvalue weighted by Crippen LogP contribution is -2.44. The Morgan fingerprint density at radius 1 is 0.943 bits per heavy atom. The fraction of sp³-hybridized carbons (Fsp3) is 0.172. The zero-order valence-electron chi connectivity index (χ0n) is 20.1. The Labute approximate surface area is 205 Å². The van der Waals surface area contributed by atoms with Gasteiger partial charge in [0.2, 0.25) is 5.91 Å². The van der Waals surface area contributed by atoms with E-state index in [0.29, 0.717) is 6.42 Å². The van der Waals surface area contributed by atoms with Crippen molar-refractivity contribution in [2.24, 2.45) is 0 Å². The van der Waals surface area contributed by atoms with E-state index in [1.54, 1.807) is 13.1 Å². The minimum absolute atomic E-state index is 0.0490. The number of carbonyl (C=O) groups excluding carboxylic acids is 2. The summed E-state index contributed by atoms with van der Waals surface area (Å²) in [6.45, 7) is 1.95. The SMILES string of the molecule is COC(=O)[N+]1(C)C=C(C[C@@H](C)NC(=O)C=Cc2ccc(Oc3ccccc3)cc2)c2ccccc21. The smallest absolute Gasteiger partial charge is 0.457 e. The molecular formula is C29H29N2O4+. The van der Waals surface area contributed by atoms with Crippen LogP contribution < -0.4 is 14.5 Å². The summed E-state index contributed by atoms with van der Waals surface area (Å²) < 4.78 is 10.8. The van der Waals surface area contributed by atoms with Crippen LogP contribution in [0.2, 0.25) is 0 Å². The second kappa shape index (κ2) is 10.4. The molecule has 1 N–H and O–H groups in total. The number of fused-ring (bicyclic) bond motifs is 1. The van der Waals surface area contributed by atoms with Crippen LogP contribution in [0.1, 0.15) is 24.5 Å². The lowest BCUT2D eigenvalue weighted by molar-refractivity contribution is -0.116. The first kappa shape index (κ1) is 24.0. The molecule has 1 aliphatic heterocycles. The van der Waals surface area contributed by atoms with Crippen molar-refractivity contribution < 1.29 is 19.1 Å². The Morgan fingerprint density at radius 3 is 2.31 bits per heavy atom. The summed E-state index contributed by atoms with van der Waals surface area (Å²) in [7, 11) is 3.19. The molecule has 0 bridgehead atoms. The molecule has 6 nitrogen and oxygen atoms in total. The summed E-state index contributed by atoms with van der Waals surface area (Å²) in [5, 5.41) is 3.01.